The summed E-state index contributed by atoms with van der Waals surface area (Å²) in [6.07, 6.45) is 6.08. The minimum atomic E-state index is -1.42. The van der Waals surface area contributed by atoms with Gasteiger partial charge in [-0.15, -0.1) is 0 Å². The van der Waals surface area contributed by atoms with Crippen LogP contribution in [0.15, 0.2) is 11.5 Å². The van der Waals surface area contributed by atoms with E-state index in [0.29, 0.717) is 0 Å². The molecule has 0 fully saturated rings. The maximum Gasteiger partial charge on any atom is 0.241 e. The lowest BCUT2D eigenvalue weighted by molar-refractivity contribution is 0.449. The lowest BCUT2D eigenvalue weighted by Gasteiger charge is -2.29. The van der Waals surface area contributed by atoms with Crippen molar-refractivity contribution >= 4 is 16.4 Å². The van der Waals surface area contributed by atoms with E-state index in [0.717, 1.165) is 0 Å². The van der Waals surface area contributed by atoms with E-state index in [9.17, 15) is 0 Å². The van der Waals surface area contributed by atoms with E-state index in [-0.39, 0.29) is 0 Å². The first kappa shape index (κ1) is 15.0. The molecule has 0 atom stereocenters. The van der Waals surface area contributed by atoms with Crippen molar-refractivity contribution in [2.75, 3.05) is 0 Å². The fourth-order valence-electron chi connectivity index (χ4n) is 1.27. The second-order valence-electron chi connectivity index (χ2n) is 6.18. The molecule has 0 aliphatic rings. The van der Waals surface area contributed by atoms with E-state index in [1.807, 2.05) is 0 Å². The molecule has 0 heterocycles. The molecule has 3 heteroatoms. The highest BCUT2D eigenvalue weighted by molar-refractivity contribution is 6.84. The molecular formula is C12H28OSi2. The summed E-state index contributed by atoms with van der Waals surface area (Å²) >= 11 is 0. The van der Waals surface area contributed by atoms with Crippen molar-refractivity contribution < 1.29 is 4.43 Å². The predicted molar refractivity (Wildman–Crippen MR) is 75.4 cm³/mol. The van der Waals surface area contributed by atoms with Gasteiger partial charge in [-0.3, -0.25) is 0 Å². The molecule has 0 bridgehead atoms. The van der Waals surface area contributed by atoms with Crippen molar-refractivity contribution in [3.63, 3.8) is 0 Å². The Morgan fingerprint density at radius 1 is 1.07 bits per heavy atom. The van der Waals surface area contributed by atoms with Crippen molar-refractivity contribution in [1.82, 2.24) is 0 Å². The molecule has 0 unspecified atom stereocenters. The van der Waals surface area contributed by atoms with Crippen molar-refractivity contribution in [3.8, 4) is 0 Å². The third-order valence-electron chi connectivity index (χ3n) is 2.04. The topological polar surface area (TPSA) is 9.23 Å². The normalized spacial score (nSPS) is 14.2. The summed E-state index contributed by atoms with van der Waals surface area (Å²) in [6.45, 7) is 16.1. The molecule has 1 nitrogen and oxygen atoms in total. The second kappa shape index (κ2) is 5.90. The van der Waals surface area contributed by atoms with Crippen LogP contribution in [-0.2, 0) is 4.43 Å². The maximum atomic E-state index is 6.21. The largest absolute Gasteiger partial charge is 0.552 e. The first-order valence-electron chi connectivity index (χ1n) is 6.06. The van der Waals surface area contributed by atoms with Crippen LogP contribution < -0.4 is 0 Å². The highest BCUT2D eigenvalue weighted by Crippen LogP contribution is 2.21. The van der Waals surface area contributed by atoms with Crippen LogP contribution in [0.5, 0.6) is 0 Å². The van der Waals surface area contributed by atoms with E-state index < -0.39 is 16.4 Å². The number of allylic oxidation sites excluding steroid dienone is 1. The van der Waals surface area contributed by atoms with Gasteiger partial charge in [-0.2, -0.15) is 0 Å². The van der Waals surface area contributed by atoms with Gasteiger partial charge in [0.1, 0.15) is 8.07 Å². The average molecular weight is 245 g/mol. The summed E-state index contributed by atoms with van der Waals surface area (Å²) in [4.78, 5) is 0. The van der Waals surface area contributed by atoms with Gasteiger partial charge in [0.15, 0.2) is 0 Å². The summed E-state index contributed by atoms with van der Waals surface area (Å²) < 4.78 is 6.21. The molecule has 0 aromatic carbocycles. The fraction of sp³-hybridized carbons (Fsp3) is 0.833. The van der Waals surface area contributed by atoms with E-state index >= 15 is 0 Å². The van der Waals surface area contributed by atoms with E-state index in [4.69, 9.17) is 4.43 Å². The molecule has 0 amide bonds. The van der Waals surface area contributed by atoms with Crippen LogP contribution in [0.25, 0.3) is 0 Å². The molecule has 0 spiro atoms. The fourth-order valence-corrected chi connectivity index (χ4v) is 4.91. The molecule has 0 aliphatic carbocycles. The molecule has 15 heavy (non-hydrogen) atoms. The highest BCUT2D eigenvalue weighted by atomic mass is 28.4. The Hall–Kier alpha value is -0.0262. The van der Waals surface area contributed by atoms with Gasteiger partial charge in [0.2, 0.25) is 8.32 Å². The van der Waals surface area contributed by atoms with Gasteiger partial charge in [0.25, 0.3) is 0 Å². The summed E-state index contributed by atoms with van der Waals surface area (Å²) in [7, 11) is -2.70. The molecular weight excluding hydrogens is 216 g/mol. The smallest absolute Gasteiger partial charge is 0.241 e. The van der Waals surface area contributed by atoms with E-state index in [2.05, 4.69) is 52.3 Å². The zero-order valence-corrected chi connectivity index (χ0v) is 13.6. The zero-order chi connectivity index (χ0) is 12.1. The predicted octanol–water partition coefficient (Wildman–Crippen LogP) is 4.79. The number of hydrogen-bond donors (Lipinski definition) is 0. The minimum Gasteiger partial charge on any atom is -0.552 e. The second-order valence-corrected chi connectivity index (χ2v) is 15.6. The van der Waals surface area contributed by atoms with Gasteiger partial charge in [-0.1, -0.05) is 39.1 Å². The standard InChI is InChI=1S/C12H28OSi2/c1-8-9-10-11-12(14(2,3)4)13-15(5,6)7/h11H,8-10H2,1-7H3/b12-11+. The third kappa shape index (κ3) is 7.85. The van der Waals surface area contributed by atoms with Crippen LogP contribution in [0.4, 0.5) is 0 Å². The number of rotatable bonds is 6. The van der Waals surface area contributed by atoms with Gasteiger partial charge in [-0.05, 0) is 32.5 Å². The summed E-state index contributed by atoms with van der Waals surface area (Å²) in [5.74, 6) is 0. The quantitative estimate of drug-likeness (QED) is 0.371. The molecule has 90 valence electrons. The van der Waals surface area contributed by atoms with Gasteiger partial charge in [0, 0.05) is 0 Å². The lowest BCUT2D eigenvalue weighted by Crippen LogP contribution is -2.34. The monoisotopic (exact) mass is 244 g/mol. The van der Waals surface area contributed by atoms with Crippen molar-refractivity contribution in [3.05, 3.63) is 11.5 Å². The summed E-state index contributed by atoms with van der Waals surface area (Å²) in [5.41, 5.74) is 0. The average Bonchev–Trinajstić information content (AvgIpc) is 1.99. The molecule has 0 saturated heterocycles. The molecule has 0 radical (unpaired) electrons. The van der Waals surface area contributed by atoms with E-state index in [1.165, 1.54) is 24.6 Å². The molecule has 0 saturated carbocycles. The molecule has 0 aliphatic heterocycles. The molecule has 0 rings (SSSR count). The molecule has 0 N–H and O–H groups in total. The molecule has 0 aromatic rings. The first-order valence-corrected chi connectivity index (χ1v) is 13.0. The Morgan fingerprint density at radius 3 is 1.93 bits per heavy atom. The Kier molecular flexibility index (Phi) is 5.89. The van der Waals surface area contributed by atoms with Crippen LogP contribution >= 0.6 is 0 Å². The van der Waals surface area contributed by atoms with Crippen molar-refractivity contribution in [2.24, 2.45) is 0 Å². The summed E-state index contributed by atoms with van der Waals surface area (Å²) in [5, 5.41) is 1.33. The highest BCUT2D eigenvalue weighted by Gasteiger charge is 2.26. The molecule has 0 aromatic heterocycles. The van der Waals surface area contributed by atoms with Crippen molar-refractivity contribution in [1.29, 1.82) is 0 Å². The van der Waals surface area contributed by atoms with Crippen LogP contribution in [0, 0.1) is 0 Å². The van der Waals surface area contributed by atoms with Gasteiger partial charge in [0.05, 0.1) is 5.38 Å². The minimum absolute atomic E-state index is 1.18. The first-order chi connectivity index (χ1) is 6.67. The Labute approximate surface area is 98.1 Å². The SMILES string of the molecule is CCCC/C=C(\O[Si](C)(C)C)[Si](C)(C)C. The van der Waals surface area contributed by atoms with Gasteiger partial charge >= 0.3 is 0 Å². The van der Waals surface area contributed by atoms with Crippen LogP contribution in [0.1, 0.15) is 26.2 Å². The van der Waals surface area contributed by atoms with E-state index in [1.54, 1.807) is 0 Å². The van der Waals surface area contributed by atoms with Crippen LogP contribution in [0.2, 0.25) is 39.3 Å². The number of unbranched alkanes of at least 4 members (excludes halogenated alkanes) is 2. The van der Waals surface area contributed by atoms with Crippen LogP contribution in [-0.4, -0.2) is 16.4 Å². The van der Waals surface area contributed by atoms with Gasteiger partial charge in [-0.25, -0.2) is 0 Å². The maximum absolute atomic E-state index is 6.21. The Morgan fingerprint density at radius 2 is 1.60 bits per heavy atom. The Bertz CT molecular complexity index is 209. The van der Waals surface area contributed by atoms with Gasteiger partial charge < -0.3 is 4.43 Å². The Balaban J connectivity index is 4.53. The summed E-state index contributed by atoms with van der Waals surface area (Å²) in [6, 6.07) is 0. The van der Waals surface area contributed by atoms with Crippen molar-refractivity contribution in [2.45, 2.75) is 65.5 Å². The number of hydrogen-bond acceptors (Lipinski definition) is 1. The zero-order valence-electron chi connectivity index (χ0n) is 11.6. The van der Waals surface area contributed by atoms with Crippen LogP contribution in [0.3, 0.4) is 0 Å². The lowest BCUT2D eigenvalue weighted by atomic mass is 10.2. The third-order valence-corrected chi connectivity index (χ3v) is 4.86.